The van der Waals surface area contributed by atoms with Crippen molar-refractivity contribution in [2.24, 2.45) is 4.99 Å². The van der Waals surface area contributed by atoms with Crippen LogP contribution in [-0.2, 0) is 0 Å². The quantitative estimate of drug-likeness (QED) is 0.596. The minimum Gasteiger partial charge on any atom is -0.362 e. The van der Waals surface area contributed by atoms with E-state index in [0.29, 0.717) is 0 Å². The van der Waals surface area contributed by atoms with Crippen LogP contribution in [0.15, 0.2) is 4.99 Å². The lowest BCUT2D eigenvalue weighted by atomic mass is 10.4. The summed E-state index contributed by atoms with van der Waals surface area (Å²) in [6.45, 7) is 3.11. The molecule has 0 unspecified atom stereocenters. The van der Waals surface area contributed by atoms with Gasteiger partial charge in [0, 0.05) is 26.6 Å². The summed E-state index contributed by atoms with van der Waals surface area (Å²) in [7, 11) is 4.07. The van der Waals surface area contributed by atoms with E-state index in [1.54, 1.807) is 0 Å². The molecule has 0 saturated heterocycles. The minimum absolute atomic E-state index is 0.982. The molecular formula is C7H15N3. The number of nitrogens with one attached hydrogen (secondary N) is 1. The number of aliphatic imine (C=N–C) groups is 1. The predicted octanol–water partition coefficient (Wildman–Crippen LogP) is -0.0602. The molecule has 1 aliphatic rings. The SMILES string of the molecule is CNCCC1=NCCN1C. The zero-order valence-corrected chi connectivity index (χ0v) is 6.72. The van der Waals surface area contributed by atoms with E-state index in [2.05, 4.69) is 22.3 Å². The number of hydrogen-bond acceptors (Lipinski definition) is 3. The van der Waals surface area contributed by atoms with Gasteiger partial charge in [0.2, 0.25) is 0 Å². The summed E-state index contributed by atoms with van der Waals surface area (Å²) >= 11 is 0. The summed E-state index contributed by atoms with van der Waals surface area (Å²) in [4.78, 5) is 6.58. The molecule has 0 bridgehead atoms. The summed E-state index contributed by atoms with van der Waals surface area (Å²) in [5.41, 5.74) is 0. The van der Waals surface area contributed by atoms with Crippen LogP contribution in [0.1, 0.15) is 6.42 Å². The lowest BCUT2D eigenvalue weighted by Crippen LogP contribution is -2.25. The highest BCUT2D eigenvalue weighted by Crippen LogP contribution is 2.00. The van der Waals surface area contributed by atoms with E-state index >= 15 is 0 Å². The first-order chi connectivity index (χ1) is 4.84. The van der Waals surface area contributed by atoms with Crippen LogP contribution in [-0.4, -0.2) is 44.5 Å². The average molecular weight is 141 g/mol. The van der Waals surface area contributed by atoms with Crippen LogP contribution < -0.4 is 5.32 Å². The fourth-order valence-electron chi connectivity index (χ4n) is 1.09. The van der Waals surface area contributed by atoms with Gasteiger partial charge in [-0.2, -0.15) is 0 Å². The Morgan fingerprint density at radius 1 is 1.70 bits per heavy atom. The Morgan fingerprint density at radius 2 is 2.50 bits per heavy atom. The van der Waals surface area contributed by atoms with Gasteiger partial charge in [-0.1, -0.05) is 0 Å². The van der Waals surface area contributed by atoms with Gasteiger partial charge in [0.05, 0.1) is 6.54 Å². The summed E-state index contributed by atoms with van der Waals surface area (Å²) < 4.78 is 0. The molecule has 0 atom stereocenters. The molecule has 0 aromatic rings. The molecule has 58 valence electrons. The van der Waals surface area contributed by atoms with Crippen molar-refractivity contribution in [2.75, 3.05) is 33.7 Å². The molecule has 10 heavy (non-hydrogen) atoms. The molecule has 1 rings (SSSR count). The van der Waals surface area contributed by atoms with E-state index in [0.717, 1.165) is 26.1 Å². The molecular weight excluding hydrogens is 126 g/mol. The van der Waals surface area contributed by atoms with E-state index in [9.17, 15) is 0 Å². The summed E-state index contributed by atoms with van der Waals surface area (Å²) in [5.74, 6) is 1.24. The van der Waals surface area contributed by atoms with Crippen molar-refractivity contribution >= 4 is 5.84 Å². The van der Waals surface area contributed by atoms with E-state index in [-0.39, 0.29) is 0 Å². The van der Waals surface area contributed by atoms with Crippen molar-refractivity contribution < 1.29 is 0 Å². The highest BCUT2D eigenvalue weighted by molar-refractivity contribution is 5.83. The van der Waals surface area contributed by atoms with E-state index < -0.39 is 0 Å². The zero-order valence-electron chi connectivity index (χ0n) is 6.72. The van der Waals surface area contributed by atoms with Crippen LogP contribution in [0, 0.1) is 0 Å². The Morgan fingerprint density at radius 3 is 3.00 bits per heavy atom. The van der Waals surface area contributed by atoms with Crippen molar-refractivity contribution in [2.45, 2.75) is 6.42 Å². The summed E-state index contributed by atoms with van der Waals surface area (Å²) in [5, 5.41) is 3.11. The lowest BCUT2D eigenvalue weighted by Gasteiger charge is -2.12. The normalized spacial score (nSPS) is 17.8. The Hall–Kier alpha value is -0.570. The zero-order chi connectivity index (χ0) is 7.40. The van der Waals surface area contributed by atoms with E-state index in [4.69, 9.17) is 0 Å². The van der Waals surface area contributed by atoms with Gasteiger partial charge in [-0.15, -0.1) is 0 Å². The third kappa shape index (κ3) is 1.70. The van der Waals surface area contributed by atoms with Crippen LogP contribution in [0.3, 0.4) is 0 Å². The number of amidine groups is 1. The number of hydrogen-bond donors (Lipinski definition) is 1. The fourth-order valence-corrected chi connectivity index (χ4v) is 1.09. The molecule has 1 N–H and O–H groups in total. The first kappa shape index (κ1) is 7.54. The Kier molecular flexibility index (Phi) is 2.68. The first-order valence-electron chi connectivity index (χ1n) is 3.73. The number of likely N-dealkylation sites (N-methyl/N-ethyl adjacent to an activating group) is 1. The topological polar surface area (TPSA) is 27.6 Å². The predicted molar refractivity (Wildman–Crippen MR) is 43.5 cm³/mol. The maximum Gasteiger partial charge on any atom is 0.100 e. The van der Waals surface area contributed by atoms with Crippen molar-refractivity contribution in [3.63, 3.8) is 0 Å². The number of rotatable bonds is 3. The van der Waals surface area contributed by atoms with Crippen LogP contribution in [0.4, 0.5) is 0 Å². The van der Waals surface area contributed by atoms with E-state index in [1.165, 1.54) is 5.84 Å². The molecule has 1 heterocycles. The van der Waals surface area contributed by atoms with Gasteiger partial charge >= 0.3 is 0 Å². The summed E-state index contributed by atoms with van der Waals surface area (Å²) in [6, 6.07) is 0. The Bertz CT molecular complexity index is 131. The van der Waals surface area contributed by atoms with Gasteiger partial charge in [0.25, 0.3) is 0 Å². The maximum atomic E-state index is 4.36. The molecule has 0 amide bonds. The van der Waals surface area contributed by atoms with Gasteiger partial charge in [0.15, 0.2) is 0 Å². The average Bonchev–Trinajstić information content (AvgIpc) is 2.31. The molecule has 0 aromatic carbocycles. The molecule has 0 saturated carbocycles. The van der Waals surface area contributed by atoms with Crippen molar-refractivity contribution in [1.82, 2.24) is 10.2 Å². The molecule has 0 radical (unpaired) electrons. The monoisotopic (exact) mass is 141 g/mol. The van der Waals surface area contributed by atoms with Crippen LogP contribution in [0.2, 0.25) is 0 Å². The third-order valence-electron chi connectivity index (χ3n) is 1.77. The Balaban J connectivity index is 2.26. The molecule has 0 spiro atoms. The molecule has 1 aliphatic heterocycles. The molecule has 0 fully saturated rings. The lowest BCUT2D eigenvalue weighted by molar-refractivity contribution is 0.542. The first-order valence-corrected chi connectivity index (χ1v) is 3.73. The summed E-state index contributed by atoms with van der Waals surface area (Å²) in [6.07, 6.45) is 1.06. The van der Waals surface area contributed by atoms with Gasteiger partial charge < -0.3 is 10.2 Å². The molecule has 0 aliphatic carbocycles. The molecule has 0 aromatic heterocycles. The molecule has 3 heteroatoms. The molecule has 3 nitrogen and oxygen atoms in total. The maximum absolute atomic E-state index is 4.36. The van der Waals surface area contributed by atoms with Gasteiger partial charge in [-0.3, -0.25) is 4.99 Å². The van der Waals surface area contributed by atoms with Gasteiger partial charge in [-0.25, -0.2) is 0 Å². The van der Waals surface area contributed by atoms with Crippen LogP contribution in [0.25, 0.3) is 0 Å². The van der Waals surface area contributed by atoms with Gasteiger partial charge in [-0.05, 0) is 7.05 Å². The highest BCUT2D eigenvalue weighted by Gasteiger charge is 2.10. The number of nitrogens with zero attached hydrogens (tertiary/aromatic N) is 2. The smallest absolute Gasteiger partial charge is 0.100 e. The standard InChI is InChI=1S/C7H15N3/c1-8-4-3-7-9-5-6-10(7)2/h8H,3-6H2,1-2H3. The second-order valence-corrected chi connectivity index (χ2v) is 2.57. The third-order valence-corrected chi connectivity index (χ3v) is 1.77. The fraction of sp³-hybridized carbons (Fsp3) is 0.857. The van der Waals surface area contributed by atoms with Crippen molar-refractivity contribution in [1.29, 1.82) is 0 Å². The Labute approximate surface area is 62.1 Å². The largest absolute Gasteiger partial charge is 0.362 e. The minimum atomic E-state index is 0.982. The second-order valence-electron chi connectivity index (χ2n) is 2.57. The van der Waals surface area contributed by atoms with Crippen molar-refractivity contribution in [3.8, 4) is 0 Å². The highest BCUT2D eigenvalue weighted by atomic mass is 15.2. The second kappa shape index (κ2) is 3.56. The van der Waals surface area contributed by atoms with Crippen LogP contribution in [0.5, 0.6) is 0 Å². The van der Waals surface area contributed by atoms with Crippen molar-refractivity contribution in [3.05, 3.63) is 0 Å². The van der Waals surface area contributed by atoms with E-state index in [1.807, 2.05) is 7.05 Å². The van der Waals surface area contributed by atoms with Crippen LogP contribution >= 0.6 is 0 Å². The van der Waals surface area contributed by atoms with Gasteiger partial charge in [0.1, 0.15) is 5.84 Å².